The molecular weight excluding hydrogens is 299 g/mol. The van der Waals surface area contributed by atoms with Crippen molar-refractivity contribution in [3.63, 3.8) is 0 Å². The number of carbonyl (C=O) groups is 1. The van der Waals surface area contributed by atoms with Gasteiger partial charge in [-0.25, -0.2) is 9.18 Å². The molecule has 0 bridgehead atoms. The maximum absolute atomic E-state index is 13.0. The van der Waals surface area contributed by atoms with Gasteiger partial charge in [-0.1, -0.05) is 12.1 Å². The molecule has 0 unspecified atom stereocenters. The Morgan fingerprint density at radius 1 is 1.22 bits per heavy atom. The second-order valence-electron chi connectivity index (χ2n) is 5.15. The zero-order valence-electron chi connectivity index (χ0n) is 12.7. The van der Waals surface area contributed by atoms with Gasteiger partial charge in [0, 0.05) is 5.56 Å². The van der Waals surface area contributed by atoms with Crippen LogP contribution in [-0.4, -0.2) is 17.7 Å². The summed E-state index contributed by atoms with van der Waals surface area (Å²) in [6.45, 7) is 3.64. The molecule has 5 heteroatoms. The lowest BCUT2D eigenvalue weighted by molar-refractivity contribution is 0.0491. The molecule has 2 aromatic carbocycles. The summed E-state index contributed by atoms with van der Waals surface area (Å²) in [5.41, 5.74) is 2.31. The predicted molar refractivity (Wildman–Crippen MR) is 84.0 cm³/mol. The molecule has 1 N–H and O–H groups in total. The highest BCUT2D eigenvalue weighted by Crippen LogP contribution is 2.37. The lowest BCUT2D eigenvalue weighted by Gasteiger charge is -2.03. The molecule has 1 heterocycles. The Morgan fingerprint density at radius 2 is 1.91 bits per heavy atom. The van der Waals surface area contributed by atoms with Gasteiger partial charge in [0.05, 0.1) is 12.0 Å². The molecule has 0 saturated heterocycles. The van der Waals surface area contributed by atoms with Gasteiger partial charge in [-0.3, -0.25) is 0 Å². The Hall–Kier alpha value is -2.82. The molecule has 118 valence electrons. The molecule has 1 aromatic heterocycles. The number of phenols is 1. The van der Waals surface area contributed by atoms with Gasteiger partial charge in [0.25, 0.3) is 0 Å². The minimum Gasteiger partial charge on any atom is -0.507 e. The molecule has 0 aliphatic rings. The van der Waals surface area contributed by atoms with Crippen LogP contribution in [0.1, 0.15) is 23.0 Å². The highest BCUT2D eigenvalue weighted by molar-refractivity contribution is 5.99. The number of aromatic hydroxyl groups is 1. The molecule has 0 amide bonds. The van der Waals surface area contributed by atoms with Crippen molar-refractivity contribution >= 4 is 16.9 Å². The zero-order valence-corrected chi connectivity index (χ0v) is 12.7. The summed E-state index contributed by atoms with van der Waals surface area (Å²) in [5, 5.41) is 10.8. The standard InChI is InChI=1S/C18H15FO4/c1-3-22-18(21)17-10(2)16-14(20)8-12(9-15(16)23-17)11-4-6-13(19)7-5-11/h4-9,20H,3H2,1-2H3. The van der Waals surface area contributed by atoms with E-state index >= 15 is 0 Å². The fourth-order valence-electron chi connectivity index (χ4n) is 2.56. The number of hydrogen-bond donors (Lipinski definition) is 1. The number of ether oxygens (including phenoxy) is 1. The van der Waals surface area contributed by atoms with E-state index < -0.39 is 5.97 Å². The highest BCUT2D eigenvalue weighted by atomic mass is 19.1. The number of rotatable bonds is 3. The van der Waals surface area contributed by atoms with Crippen LogP contribution in [0.4, 0.5) is 4.39 Å². The number of hydrogen-bond acceptors (Lipinski definition) is 4. The van der Waals surface area contributed by atoms with Crippen LogP contribution in [-0.2, 0) is 4.74 Å². The lowest BCUT2D eigenvalue weighted by atomic mass is 10.0. The predicted octanol–water partition coefficient (Wildman–Crippen LogP) is 4.43. The summed E-state index contributed by atoms with van der Waals surface area (Å²) in [7, 11) is 0. The average molecular weight is 314 g/mol. The first kappa shape index (κ1) is 15.1. The van der Waals surface area contributed by atoms with E-state index in [4.69, 9.17) is 9.15 Å². The fourth-order valence-corrected chi connectivity index (χ4v) is 2.56. The molecule has 3 aromatic rings. The maximum Gasteiger partial charge on any atom is 0.374 e. The van der Waals surface area contributed by atoms with Gasteiger partial charge in [0.15, 0.2) is 0 Å². The van der Waals surface area contributed by atoms with Crippen LogP contribution in [0.2, 0.25) is 0 Å². The SMILES string of the molecule is CCOC(=O)c1oc2cc(-c3ccc(F)cc3)cc(O)c2c1C. The molecule has 3 rings (SSSR count). The quantitative estimate of drug-likeness (QED) is 0.727. The Balaban J connectivity index is 2.15. The summed E-state index contributed by atoms with van der Waals surface area (Å²) < 4.78 is 23.6. The largest absolute Gasteiger partial charge is 0.507 e. The summed E-state index contributed by atoms with van der Waals surface area (Å²) >= 11 is 0. The number of phenolic OH excluding ortho intramolecular Hbond substituents is 1. The maximum atomic E-state index is 13.0. The van der Waals surface area contributed by atoms with E-state index in [1.54, 1.807) is 38.1 Å². The highest BCUT2D eigenvalue weighted by Gasteiger charge is 2.21. The van der Waals surface area contributed by atoms with Gasteiger partial charge in [0.2, 0.25) is 5.76 Å². The van der Waals surface area contributed by atoms with Crippen molar-refractivity contribution in [3.8, 4) is 16.9 Å². The van der Waals surface area contributed by atoms with E-state index in [1.807, 2.05) is 0 Å². The number of esters is 1. The molecule has 0 aliphatic carbocycles. The van der Waals surface area contributed by atoms with Crippen molar-refractivity contribution in [1.82, 2.24) is 0 Å². The van der Waals surface area contributed by atoms with Gasteiger partial charge in [0.1, 0.15) is 17.1 Å². The first-order valence-corrected chi connectivity index (χ1v) is 7.20. The summed E-state index contributed by atoms with van der Waals surface area (Å²) in [6, 6.07) is 9.17. The van der Waals surface area contributed by atoms with Gasteiger partial charge in [-0.05, 0) is 49.2 Å². The molecular formula is C18H15FO4. The Labute approximate surface area is 132 Å². The van der Waals surface area contributed by atoms with E-state index in [2.05, 4.69) is 0 Å². The van der Waals surface area contributed by atoms with E-state index in [1.165, 1.54) is 12.1 Å². The van der Waals surface area contributed by atoms with Crippen LogP contribution in [0.3, 0.4) is 0 Å². The minimum atomic E-state index is -0.566. The van der Waals surface area contributed by atoms with Crippen molar-refractivity contribution in [2.45, 2.75) is 13.8 Å². The number of fused-ring (bicyclic) bond motifs is 1. The molecule has 0 fully saturated rings. The van der Waals surface area contributed by atoms with Crippen LogP contribution in [0.15, 0.2) is 40.8 Å². The molecule has 0 radical (unpaired) electrons. The first-order chi connectivity index (χ1) is 11.0. The molecule has 0 aliphatic heterocycles. The third kappa shape index (κ3) is 2.65. The number of furan rings is 1. The Bertz CT molecular complexity index is 878. The zero-order chi connectivity index (χ0) is 16.6. The number of halogens is 1. The molecule has 4 nitrogen and oxygen atoms in total. The van der Waals surface area contributed by atoms with E-state index in [9.17, 15) is 14.3 Å². The Kier molecular flexibility index (Phi) is 3.78. The van der Waals surface area contributed by atoms with Crippen LogP contribution >= 0.6 is 0 Å². The number of benzene rings is 2. The van der Waals surface area contributed by atoms with Crippen molar-refractivity contribution in [2.24, 2.45) is 0 Å². The van der Waals surface area contributed by atoms with E-state index in [-0.39, 0.29) is 23.9 Å². The van der Waals surface area contributed by atoms with Crippen molar-refractivity contribution in [3.05, 3.63) is 53.5 Å². The lowest BCUT2D eigenvalue weighted by Crippen LogP contribution is -2.04. The first-order valence-electron chi connectivity index (χ1n) is 7.20. The molecule has 0 saturated carbocycles. The summed E-state index contributed by atoms with van der Waals surface area (Å²) in [4.78, 5) is 11.9. The van der Waals surface area contributed by atoms with Gasteiger partial charge < -0.3 is 14.3 Å². The third-order valence-electron chi connectivity index (χ3n) is 3.65. The van der Waals surface area contributed by atoms with Crippen molar-refractivity contribution < 1.29 is 23.4 Å². The van der Waals surface area contributed by atoms with Crippen LogP contribution in [0.25, 0.3) is 22.1 Å². The van der Waals surface area contributed by atoms with Crippen LogP contribution in [0.5, 0.6) is 5.75 Å². The molecule has 0 atom stereocenters. The topological polar surface area (TPSA) is 59.7 Å². The third-order valence-corrected chi connectivity index (χ3v) is 3.65. The number of aryl methyl sites for hydroxylation is 1. The van der Waals surface area contributed by atoms with Crippen molar-refractivity contribution in [2.75, 3.05) is 6.61 Å². The smallest absolute Gasteiger partial charge is 0.374 e. The van der Waals surface area contributed by atoms with Crippen LogP contribution in [0, 0.1) is 12.7 Å². The summed E-state index contributed by atoms with van der Waals surface area (Å²) in [5.74, 6) is -0.826. The van der Waals surface area contributed by atoms with Gasteiger partial charge in [-0.2, -0.15) is 0 Å². The minimum absolute atomic E-state index is 0.00127. The van der Waals surface area contributed by atoms with Crippen molar-refractivity contribution in [1.29, 1.82) is 0 Å². The average Bonchev–Trinajstić information content (AvgIpc) is 2.86. The fraction of sp³-hybridized carbons (Fsp3) is 0.167. The van der Waals surface area contributed by atoms with E-state index in [0.717, 1.165) is 5.56 Å². The molecule has 23 heavy (non-hydrogen) atoms. The van der Waals surface area contributed by atoms with Gasteiger partial charge >= 0.3 is 5.97 Å². The normalized spacial score (nSPS) is 10.9. The monoisotopic (exact) mass is 314 g/mol. The summed E-state index contributed by atoms with van der Waals surface area (Å²) in [6.07, 6.45) is 0. The van der Waals surface area contributed by atoms with Crippen LogP contribution < -0.4 is 0 Å². The number of carbonyl (C=O) groups excluding carboxylic acids is 1. The molecule has 0 spiro atoms. The van der Waals surface area contributed by atoms with Gasteiger partial charge in [-0.15, -0.1) is 0 Å². The van der Waals surface area contributed by atoms with E-state index in [0.29, 0.717) is 22.1 Å². The second kappa shape index (κ2) is 5.76. The Morgan fingerprint density at radius 3 is 2.57 bits per heavy atom. The second-order valence-corrected chi connectivity index (χ2v) is 5.15.